The monoisotopic (exact) mass is 382 g/mol. The lowest BCUT2D eigenvalue weighted by Gasteiger charge is -2.10. The number of rotatable bonds is 6. The zero-order valence-corrected chi connectivity index (χ0v) is 15.9. The van der Waals surface area contributed by atoms with Gasteiger partial charge >= 0.3 is 5.97 Å². The number of methoxy groups -OCH3 is 1. The van der Waals surface area contributed by atoms with Crippen molar-refractivity contribution >= 4 is 51.2 Å². The molecule has 4 nitrogen and oxygen atoms in total. The van der Waals surface area contributed by atoms with Gasteiger partial charge in [-0.2, -0.15) is 0 Å². The number of aryl methyl sites for hydroxylation is 1. The van der Waals surface area contributed by atoms with Crippen molar-refractivity contribution in [2.24, 2.45) is 0 Å². The van der Waals surface area contributed by atoms with E-state index in [1.54, 1.807) is 0 Å². The number of hydrogen-bond donors (Lipinski definition) is 2. The molecule has 0 amide bonds. The molecule has 2 rings (SSSR count). The summed E-state index contributed by atoms with van der Waals surface area (Å²) in [5, 5.41) is 8.16. The Morgan fingerprint density at radius 2 is 2.04 bits per heavy atom. The maximum absolute atomic E-state index is 11.8. The average Bonchev–Trinajstić information content (AvgIpc) is 2.99. The second-order valence-corrected chi connectivity index (χ2v) is 7.04. The van der Waals surface area contributed by atoms with Crippen molar-refractivity contribution in [3.8, 4) is 0 Å². The number of carbonyl (C=O) groups excluding carboxylic acids is 1. The van der Waals surface area contributed by atoms with E-state index in [4.69, 9.17) is 28.6 Å². The topological polar surface area (TPSA) is 50.4 Å². The molecule has 1 heterocycles. The van der Waals surface area contributed by atoms with Gasteiger partial charge in [0.25, 0.3) is 0 Å². The number of nitrogens with one attached hydrogen (secondary N) is 2. The summed E-state index contributed by atoms with van der Waals surface area (Å²) in [5.41, 5.74) is 1.69. The molecule has 2 aromatic rings. The number of benzene rings is 1. The first-order valence-corrected chi connectivity index (χ1v) is 9.14. The molecule has 0 spiro atoms. The van der Waals surface area contributed by atoms with Crippen molar-refractivity contribution in [1.82, 2.24) is 5.32 Å². The van der Waals surface area contributed by atoms with Gasteiger partial charge in [0.05, 0.1) is 12.7 Å². The summed E-state index contributed by atoms with van der Waals surface area (Å²) in [6.07, 6.45) is 1.68. The Morgan fingerprint density at radius 1 is 1.33 bits per heavy atom. The SMILES string of the molecule is CCc1cc(C(=O)OC)c(NC(=S)NCCc2ccc(Cl)cc2)s1. The van der Waals surface area contributed by atoms with E-state index < -0.39 is 0 Å². The van der Waals surface area contributed by atoms with Crippen LogP contribution in [-0.2, 0) is 17.6 Å². The summed E-state index contributed by atoms with van der Waals surface area (Å²) >= 11 is 12.7. The lowest BCUT2D eigenvalue weighted by atomic mass is 10.1. The smallest absolute Gasteiger partial charge is 0.340 e. The lowest BCUT2D eigenvalue weighted by molar-refractivity contribution is 0.0602. The van der Waals surface area contributed by atoms with Gasteiger partial charge in [0.1, 0.15) is 5.00 Å². The summed E-state index contributed by atoms with van der Waals surface area (Å²) in [6, 6.07) is 9.56. The standard InChI is InChI=1S/C17H19ClN2O2S2/c1-3-13-10-14(16(21)22-2)15(24-13)20-17(23)19-9-8-11-4-6-12(18)7-5-11/h4-7,10H,3,8-9H2,1-2H3,(H2,19,20,23). The van der Waals surface area contributed by atoms with Crippen molar-refractivity contribution in [2.75, 3.05) is 19.0 Å². The molecule has 0 bridgehead atoms. The molecule has 24 heavy (non-hydrogen) atoms. The van der Waals surface area contributed by atoms with Crippen molar-refractivity contribution in [3.05, 3.63) is 51.4 Å². The number of ether oxygens (including phenoxy) is 1. The van der Waals surface area contributed by atoms with E-state index in [0.29, 0.717) is 22.2 Å². The molecule has 128 valence electrons. The third-order valence-corrected chi connectivity index (χ3v) is 5.07. The van der Waals surface area contributed by atoms with Crippen molar-refractivity contribution in [1.29, 1.82) is 0 Å². The zero-order chi connectivity index (χ0) is 17.5. The molecule has 0 fully saturated rings. The van der Waals surface area contributed by atoms with E-state index in [9.17, 15) is 4.79 Å². The van der Waals surface area contributed by atoms with E-state index in [2.05, 4.69) is 10.6 Å². The minimum atomic E-state index is -0.364. The van der Waals surface area contributed by atoms with Crippen LogP contribution < -0.4 is 10.6 Å². The second kappa shape index (κ2) is 9.01. The van der Waals surface area contributed by atoms with Gasteiger partial charge in [-0.1, -0.05) is 30.7 Å². The minimum absolute atomic E-state index is 0.364. The van der Waals surface area contributed by atoms with Gasteiger partial charge in [-0.3, -0.25) is 0 Å². The van der Waals surface area contributed by atoms with Crippen LogP contribution in [0.1, 0.15) is 27.7 Å². The van der Waals surface area contributed by atoms with Gasteiger partial charge in [-0.15, -0.1) is 11.3 Å². The van der Waals surface area contributed by atoms with Crippen molar-refractivity contribution in [3.63, 3.8) is 0 Å². The largest absolute Gasteiger partial charge is 0.465 e. The number of thiophene rings is 1. The first-order chi connectivity index (χ1) is 11.5. The predicted molar refractivity (Wildman–Crippen MR) is 104 cm³/mol. The van der Waals surface area contributed by atoms with Crippen molar-refractivity contribution in [2.45, 2.75) is 19.8 Å². The highest BCUT2D eigenvalue weighted by Gasteiger charge is 2.16. The summed E-state index contributed by atoms with van der Waals surface area (Å²) in [4.78, 5) is 12.9. The number of esters is 1. The predicted octanol–water partition coefficient (Wildman–Crippen LogP) is 4.28. The molecule has 0 aliphatic rings. The average molecular weight is 383 g/mol. The Kier molecular flexibility index (Phi) is 7.02. The van der Waals surface area contributed by atoms with Gasteiger partial charge in [0.2, 0.25) is 0 Å². The van der Waals surface area contributed by atoms with Crippen molar-refractivity contribution < 1.29 is 9.53 Å². The number of thiocarbonyl (C=S) groups is 1. The molecular formula is C17H19ClN2O2S2. The third-order valence-electron chi connectivity index (χ3n) is 3.38. The zero-order valence-electron chi connectivity index (χ0n) is 13.5. The van der Waals surface area contributed by atoms with E-state index in [1.165, 1.54) is 24.0 Å². The minimum Gasteiger partial charge on any atom is -0.465 e. The van der Waals surface area contributed by atoms with E-state index >= 15 is 0 Å². The van der Waals surface area contributed by atoms with Crippen LogP contribution in [0.15, 0.2) is 30.3 Å². The second-order valence-electron chi connectivity index (χ2n) is 5.06. The van der Waals surface area contributed by atoms with Crippen LogP contribution >= 0.6 is 35.2 Å². The Hall–Kier alpha value is -1.63. The molecule has 1 aromatic heterocycles. The van der Waals surface area contributed by atoms with Crippen LogP contribution in [0.5, 0.6) is 0 Å². The summed E-state index contributed by atoms with van der Waals surface area (Å²) < 4.78 is 4.82. The molecular weight excluding hydrogens is 364 g/mol. The number of anilines is 1. The maximum atomic E-state index is 11.8. The first kappa shape index (κ1) is 18.7. The van der Waals surface area contributed by atoms with Crippen LogP contribution in [0, 0.1) is 0 Å². The molecule has 0 saturated heterocycles. The van der Waals surface area contributed by atoms with E-state index in [-0.39, 0.29) is 5.97 Å². The molecule has 0 aliphatic heterocycles. The molecule has 0 unspecified atom stereocenters. The molecule has 0 aliphatic carbocycles. The molecule has 7 heteroatoms. The fraction of sp³-hybridized carbons (Fsp3) is 0.294. The van der Waals surface area contributed by atoms with Gasteiger partial charge in [0.15, 0.2) is 5.11 Å². The van der Waals surface area contributed by atoms with Crippen LogP contribution in [0.3, 0.4) is 0 Å². The van der Waals surface area contributed by atoms with E-state index in [0.717, 1.165) is 22.7 Å². The highest BCUT2D eigenvalue weighted by Crippen LogP contribution is 2.29. The van der Waals surface area contributed by atoms with Gasteiger partial charge in [-0.05, 0) is 48.8 Å². The Balaban J connectivity index is 1.91. The molecule has 1 aromatic carbocycles. The lowest BCUT2D eigenvalue weighted by Crippen LogP contribution is -2.30. The third kappa shape index (κ3) is 5.19. The fourth-order valence-electron chi connectivity index (χ4n) is 2.09. The van der Waals surface area contributed by atoms with Crippen LogP contribution in [0.25, 0.3) is 0 Å². The molecule has 0 atom stereocenters. The summed E-state index contributed by atoms with van der Waals surface area (Å²) in [7, 11) is 1.37. The Bertz CT molecular complexity index is 714. The van der Waals surface area contributed by atoms with Crippen LogP contribution in [-0.4, -0.2) is 24.7 Å². The normalized spacial score (nSPS) is 10.3. The Morgan fingerprint density at radius 3 is 2.67 bits per heavy atom. The van der Waals surface area contributed by atoms with Crippen LogP contribution in [0.2, 0.25) is 5.02 Å². The number of hydrogen-bond acceptors (Lipinski definition) is 4. The summed E-state index contributed by atoms with van der Waals surface area (Å²) in [6.45, 7) is 2.73. The number of carbonyl (C=O) groups is 1. The van der Waals surface area contributed by atoms with Gasteiger partial charge in [0, 0.05) is 16.4 Å². The highest BCUT2D eigenvalue weighted by molar-refractivity contribution is 7.80. The molecule has 0 radical (unpaired) electrons. The Labute approximate surface area is 156 Å². The van der Waals surface area contributed by atoms with E-state index in [1.807, 2.05) is 37.3 Å². The van der Waals surface area contributed by atoms with Gasteiger partial charge < -0.3 is 15.4 Å². The maximum Gasteiger partial charge on any atom is 0.340 e. The van der Waals surface area contributed by atoms with Gasteiger partial charge in [-0.25, -0.2) is 4.79 Å². The number of halogens is 1. The summed E-state index contributed by atoms with van der Waals surface area (Å²) in [5.74, 6) is -0.364. The first-order valence-electron chi connectivity index (χ1n) is 7.53. The quantitative estimate of drug-likeness (QED) is 0.576. The highest BCUT2D eigenvalue weighted by atomic mass is 35.5. The fourth-order valence-corrected chi connectivity index (χ4v) is 3.47. The molecule has 0 saturated carbocycles. The van der Waals surface area contributed by atoms with Crippen LogP contribution in [0.4, 0.5) is 5.00 Å². The molecule has 2 N–H and O–H groups in total.